The SMILES string of the molecule is C/C=C\C(=NC)c1c(Br)cccc1Br.CC. The van der Waals surface area contributed by atoms with Crippen LogP contribution in [0.15, 0.2) is 44.3 Å². The molecule has 0 N–H and O–H groups in total. The molecular weight excluding hydrogens is 330 g/mol. The number of hydrogen-bond acceptors (Lipinski definition) is 1. The molecule has 1 rings (SSSR count). The third-order valence-corrected chi connectivity index (χ3v) is 3.11. The summed E-state index contributed by atoms with van der Waals surface area (Å²) in [6.45, 7) is 5.98. The van der Waals surface area contributed by atoms with Crippen LogP contribution >= 0.6 is 31.9 Å². The van der Waals surface area contributed by atoms with Gasteiger partial charge in [-0.25, -0.2) is 0 Å². The van der Waals surface area contributed by atoms with Crippen LogP contribution in [0, 0.1) is 0 Å². The van der Waals surface area contributed by atoms with Crippen molar-refractivity contribution < 1.29 is 0 Å². The third kappa shape index (κ3) is 4.22. The molecule has 0 bridgehead atoms. The van der Waals surface area contributed by atoms with Gasteiger partial charge in [-0.15, -0.1) is 0 Å². The second kappa shape index (κ2) is 8.71. The molecule has 0 unspecified atom stereocenters. The highest BCUT2D eigenvalue weighted by atomic mass is 79.9. The van der Waals surface area contributed by atoms with Crippen molar-refractivity contribution in [2.24, 2.45) is 4.99 Å². The number of allylic oxidation sites excluding steroid dienone is 2. The maximum Gasteiger partial charge on any atom is 0.0662 e. The normalized spacial score (nSPS) is 11.2. The third-order valence-electron chi connectivity index (χ3n) is 1.78. The Morgan fingerprint density at radius 1 is 1.19 bits per heavy atom. The Morgan fingerprint density at radius 2 is 1.69 bits per heavy atom. The zero-order valence-electron chi connectivity index (χ0n) is 10.1. The van der Waals surface area contributed by atoms with E-state index in [9.17, 15) is 0 Å². The average Bonchev–Trinajstić information content (AvgIpc) is 2.30. The van der Waals surface area contributed by atoms with E-state index in [1.807, 2.05) is 51.1 Å². The number of benzene rings is 1. The summed E-state index contributed by atoms with van der Waals surface area (Å²) in [6, 6.07) is 6.00. The highest BCUT2D eigenvalue weighted by Crippen LogP contribution is 2.26. The van der Waals surface area contributed by atoms with Crippen LogP contribution in [-0.4, -0.2) is 12.8 Å². The van der Waals surface area contributed by atoms with Gasteiger partial charge in [0.1, 0.15) is 0 Å². The van der Waals surface area contributed by atoms with E-state index < -0.39 is 0 Å². The Labute approximate surface area is 115 Å². The second-order valence-electron chi connectivity index (χ2n) is 2.71. The van der Waals surface area contributed by atoms with Crippen molar-refractivity contribution in [2.45, 2.75) is 20.8 Å². The summed E-state index contributed by atoms with van der Waals surface area (Å²) in [5.74, 6) is 0. The Balaban J connectivity index is 0.00000106. The van der Waals surface area contributed by atoms with E-state index in [0.717, 1.165) is 20.2 Å². The lowest BCUT2D eigenvalue weighted by atomic mass is 10.1. The average molecular weight is 347 g/mol. The number of hydrogen-bond donors (Lipinski definition) is 0. The first-order valence-electron chi connectivity index (χ1n) is 5.24. The zero-order valence-corrected chi connectivity index (χ0v) is 13.3. The van der Waals surface area contributed by atoms with Crippen molar-refractivity contribution in [3.05, 3.63) is 44.9 Å². The van der Waals surface area contributed by atoms with E-state index in [-0.39, 0.29) is 0 Å². The molecule has 0 aliphatic rings. The number of halogens is 2. The first-order chi connectivity index (χ1) is 7.70. The van der Waals surface area contributed by atoms with E-state index >= 15 is 0 Å². The molecule has 1 aromatic carbocycles. The van der Waals surface area contributed by atoms with Crippen LogP contribution in [0.3, 0.4) is 0 Å². The van der Waals surface area contributed by atoms with E-state index in [1.165, 1.54) is 0 Å². The minimum absolute atomic E-state index is 0.965. The molecule has 0 radical (unpaired) electrons. The van der Waals surface area contributed by atoms with Gasteiger partial charge < -0.3 is 0 Å². The minimum atomic E-state index is 0.965. The lowest BCUT2D eigenvalue weighted by Gasteiger charge is -2.06. The van der Waals surface area contributed by atoms with E-state index in [1.54, 1.807) is 7.05 Å². The van der Waals surface area contributed by atoms with Gasteiger partial charge in [-0.2, -0.15) is 0 Å². The van der Waals surface area contributed by atoms with E-state index in [0.29, 0.717) is 0 Å². The Morgan fingerprint density at radius 3 is 2.06 bits per heavy atom. The van der Waals surface area contributed by atoms with Crippen molar-refractivity contribution in [1.29, 1.82) is 0 Å². The Bertz CT molecular complexity index is 361. The van der Waals surface area contributed by atoms with Gasteiger partial charge in [0.25, 0.3) is 0 Å². The summed E-state index contributed by atoms with van der Waals surface area (Å²) in [4.78, 5) is 4.24. The predicted octanol–water partition coefficient (Wildman–Crippen LogP) is 5.23. The summed E-state index contributed by atoms with van der Waals surface area (Å²) in [5.41, 5.74) is 2.06. The molecule has 0 aliphatic carbocycles. The molecule has 0 amide bonds. The largest absolute Gasteiger partial charge is 0.288 e. The maximum atomic E-state index is 4.24. The Kier molecular flexibility index (Phi) is 8.49. The topological polar surface area (TPSA) is 12.4 Å². The van der Waals surface area contributed by atoms with Gasteiger partial charge in [0, 0.05) is 21.6 Å². The van der Waals surface area contributed by atoms with Gasteiger partial charge in [0.2, 0.25) is 0 Å². The number of aliphatic imine (C=N–C) groups is 1. The van der Waals surface area contributed by atoms with Crippen LogP contribution in [0.5, 0.6) is 0 Å². The molecule has 0 saturated carbocycles. The van der Waals surface area contributed by atoms with Crippen molar-refractivity contribution in [1.82, 2.24) is 0 Å². The molecule has 1 aromatic rings. The smallest absolute Gasteiger partial charge is 0.0662 e. The molecule has 88 valence electrons. The summed E-state index contributed by atoms with van der Waals surface area (Å²) in [6.07, 6.45) is 3.97. The lowest BCUT2D eigenvalue weighted by molar-refractivity contribution is 1.41. The highest BCUT2D eigenvalue weighted by molar-refractivity contribution is 9.11. The van der Waals surface area contributed by atoms with Gasteiger partial charge in [-0.1, -0.05) is 57.8 Å². The van der Waals surface area contributed by atoms with Gasteiger partial charge >= 0.3 is 0 Å². The number of rotatable bonds is 2. The fourth-order valence-electron chi connectivity index (χ4n) is 1.17. The minimum Gasteiger partial charge on any atom is -0.288 e. The number of nitrogens with zero attached hydrogens (tertiary/aromatic N) is 1. The molecule has 0 atom stereocenters. The standard InChI is InChI=1S/C11H11Br2N.C2H6/c1-3-5-10(14-2)11-8(12)6-4-7-9(11)13;1-2/h3-7H,1-2H3;1-2H3/b5-3-,14-10?;. The van der Waals surface area contributed by atoms with E-state index in [4.69, 9.17) is 0 Å². The molecule has 3 heteroatoms. The lowest BCUT2D eigenvalue weighted by Crippen LogP contribution is -1.99. The van der Waals surface area contributed by atoms with Crippen molar-refractivity contribution >= 4 is 37.6 Å². The van der Waals surface area contributed by atoms with Crippen LogP contribution in [0.2, 0.25) is 0 Å². The van der Waals surface area contributed by atoms with Crippen molar-refractivity contribution in [3.63, 3.8) is 0 Å². The van der Waals surface area contributed by atoms with Gasteiger partial charge in [-0.05, 0) is 25.1 Å². The first kappa shape index (κ1) is 15.6. The zero-order chi connectivity index (χ0) is 12.6. The van der Waals surface area contributed by atoms with Crippen LogP contribution in [0.25, 0.3) is 0 Å². The molecule has 16 heavy (non-hydrogen) atoms. The highest BCUT2D eigenvalue weighted by Gasteiger charge is 2.07. The summed E-state index contributed by atoms with van der Waals surface area (Å²) >= 11 is 7.03. The van der Waals surface area contributed by atoms with Gasteiger partial charge in [-0.3, -0.25) is 4.99 Å². The summed E-state index contributed by atoms with van der Waals surface area (Å²) in [7, 11) is 1.79. The monoisotopic (exact) mass is 345 g/mol. The Hall–Kier alpha value is -0.410. The van der Waals surface area contributed by atoms with Crippen LogP contribution in [-0.2, 0) is 0 Å². The molecule has 0 saturated heterocycles. The maximum absolute atomic E-state index is 4.24. The molecular formula is C13H17Br2N. The van der Waals surface area contributed by atoms with Crippen LogP contribution < -0.4 is 0 Å². The second-order valence-corrected chi connectivity index (χ2v) is 4.41. The quantitative estimate of drug-likeness (QED) is 0.650. The van der Waals surface area contributed by atoms with Crippen molar-refractivity contribution in [3.8, 4) is 0 Å². The fraction of sp³-hybridized carbons (Fsp3) is 0.308. The predicted molar refractivity (Wildman–Crippen MR) is 80.5 cm³/mol. The van der Waals surface area contributed by atoms with Crippen LogP contribution in [0.4, 0.5) is 0 Å². The molecule has 0 heterocycles. The van der Waals surface area contributed by atoms with Gasteiger partial charge in [0.15, 0.2) is 0 Å². The van der Waals surface area contributed by atoms with E-state index in [2.05, 4.69) is 36.9 Å². The molecule has 0 aliphatic heterocycles. The molecule has 0 fully saturated rings. The molecule has 0 aromatic heterocycles. The van der Waals surface area contributed by atoms with Crippen molar-refractivity contribution in [2.75, 3.05) is 7.05 Å². The molecule has 0 spiro atoms. The van der Waals surface area contributed by atoms with Crippen LogP contribution in [0.1, 0.15) is 26.3 Å². The molecule has 1 nitrogen and oxygen atoms in total. The summed E-state index contributed by atoms with van der Waals surface area (Å²) in [5, 5.41) is 0. The first-order valence-corrected chi connectivity index (χ1v) is 6.83. The fourth-order valence-corrected chi connectivity index (χ4v) is 2.57. The summed E-state index contributed by atoms with van der Waals surface area (Å²) < 4.78 is 2.09. The van der Waals surface area contributed by atoms with Gasteiger partial charge in [0.05, 0.1) is 5.71 Å².